The van der Waals surface area contributed by atoms with Crippen molar-refractivity contribution in [3.05, 3.63) is 22.8 Å². The minimum atomic E-state index is -0.958. The Bertz CT molecular complexity index is 1190. The van der Waals surface area contributed by atoms with Gasteiger partial charge in [-0.15, -0.1) is 23.1 Å². The number of anilines is 1. The molecule has 0 saturated carbocycles. The van der Waals surface area contributed by atoms with Crippen LogP contribution in [-0.2, 0) is 38.3 Å². The number of nitrogens with two attached hydrogens (primary N) is 1. The van der Waals surface area contributed by atoms with Gasteiger partial charge >= 0.3 is 11.9 Å². The number of ether oxygens (including phenoxy) is 2. The number of amides is 3. The van der Waals surface area contributed by atoms with Crippen molar-refractivity contribution >= 4 is 63.6 Å². The zero-order valence-electron chi connectivity index (χ0n) is 21.3. The molecule has 0 aliphatic carbocycles. The van der Waals surface area contributed by atoms with Crippen molar-refractivity contribution in [1.82, 2.24) is 15.2 Å². The van der Waals surface area contributed by atoms with Crippen LogP contribution in [0.3, 0.4) is 0 Å². The number of hydrogen-bond acceptors (Lipinski definition) is 13. The number of carbonyl (C=O) groups is 5. The van der Waals surface area contributed by atoms with Crippen LogP contribution in [0.4, 0.5) is 5.13 Å². The van der Waals surface area contributed by atoms with Gasteiger partial charge in [0.2, 0.25) is 12.7 Å². The lowest BCUT2D eigenvalue weighted by Crippen LogP contribution is -2.70. The SMILES string of the molecule is CON=C(C(=O)N[C@@H]1C(=O)N2C(C(=O)OCOC(=O)C(C)(C)C)=CCS[C@H]12)c1csc(NC(=O)[C@H](C)N)n1. The van der Waals surface area contributed by atoms with Crippen LogP contribution in [0.15, 0.2) is 22.3 Å². The molecule has 0 spiro atoms. The largest absolute Gasteiger partial charge is 0.427 e. The number of aromatic nitrogens is 1. The highest BCUT2D eigenvalue weighted by Crippen LogP contribution is 2.38. The second-order valence-electron chi connectivity index (χ2n) is 9.14. The van der Waals surface area contributed by atoms with E-state index in [1.165, 1.54) is 42.2 Å². The molecule has 3 heterocycles. The third kappa shape index (κ3) is 6.49. The van der Waals surface area contributed by atoms with Crippen molar-refractivity contribution in [2.75, 3.05) is 25.0 Å². The molecule has 0 unspecified atom stereocenters. The maximum Gasteiger partial charge on any atom is 0.357 e. The Morgan fingerprint density at radius 2 is 2.00 bits per heavy atom. The van der Waals surface area contributed by atoms with Gasteiger partial charge in [-0.25, -0.2) is 9.78 Å². The first-order valence-corrected chi connectivity index (χ1v) is 13.2. The normalized spacial score (nSPS) is 19.8. The maximum atomic E-state index is 13.0. The van der Waals surface area contributed by atoms with Crippen molar-refractivity contribution < 1.29 is 38.3 Å². The van der Waals surface area contributed by atoms with E-state index in [2.05, 4.69) is 20.8 Å². The highest BCUT2D eigenvalue weighted by atomic mass is 32.2. The molecule has 1 fully saturated rings. The number of fused-ring (bicyclic) bond motifs is 1. The quantitative estimate of drug-likeness (QED) is 0.121. The molecule has 3 atom stereocenters. The summed E-state index contributed by atoms with van der Waals surface area (Å²) in [5.41, 5.74) is 4.67. The molecule has 1 saturated heterocycles. The summed E-state index contributed by atoms with van der Waals surface area (Å²) in [6.45, 7) is 5.90. The number of thioether (sulfide) groups is 1. The van der Waals surface area contributed by atoms with Crippen LogP contribution in [0.25, 0.3) is 0 Å². The molecule has 4 N–H and O–H groups in total. The van der Waals surface area contributed by atoms with E-state index in [0.717, 1.165) is 11.3 Å². The predicted molar refractivity (Wildman–Crippen MR) is 138 cm³/mol. The van der Waals surface area contributed by atoms with E-state index in [1.807, 2.05) is 0 Å². The van der Waals surface area contributed by atoms with Gasteiger partial charge in [-0.05, 0) is 33.8 Å². The Balaban J connectivity index is 1.62. The molecule has 1 aromatic heterocycles. The Morgan fingerprint density at radius 3 is 2.63 bits per heavy atom. The van der Waals surface area contributed by atoms with Crippen molar-refractivity contribution in [1.29, 1.82) is 0 Å². The fourth-order valence-electron chi connectivity index (χ4n) is 3.12. The number of nitrogens with one attached hydrogen (secondary N) is 2. The smallest absolute Gasteiger partial charge is 0.357 e. The van der Waals surface area contributed by atoms with E-state index in [1.54, 1.807) is 20.8 Å². The van der Waals surface area contributed by atoms with Gasteiger partial charge in [-0.2, -0.15) is 0 Å². The Kier molecular flexibility index (Phi) is 9.11. The number of thiazole rings is 1. The number of oxime groups is 1. The Labute approximate surface area is 226 Å². The molecule has 2 aliphatic heterocycles. The second kappa shape index (κ2) is 11.9. The van der Waals surface area contributed by atoms with Crippen LogP contribution in [0, 0.1) is 5.41 Å². The molecule has 38 heavy (non-hydrogen) atoms. The fourth-order valence-corrected chi connectivity index (χ4v) is 5.01. The van der Waals surface area contributed by atoms with Crippen LogP contribution in [0.1, 0.15) is 33.4 Å². The first kappa shape index (κ1) is 29.1. The first-order valence-electron chi connectivity index (χ1n) is 11.3. The van der Waals surface area contributed by atoms with E-state index in [4.69, 9.17) is 20.0 Å². The van der Waals surface area contributed by atoms with E-state index in [9.17, 15) is 24.0 Å². The lowest BCUT2D eigenvalue weighted by Gasteiger charge is -2.48. The number of carbonyl (C=O) groups excluding carboxylic acids is 5. The average Bonchev–Trinajstić information content (AvgIpc) is 3.31. The molecule has 0 aromatic carbocycles. The molecule has 1 aromatic rings. The summed E-state index contributed by atoms with van der Waals surface area (Å²) >= 11 is 2.38. The molecule has 206 valence electrons. The molecular weight excluding hydrogens is 540 g/mol. The maximum absolute atomic E-state index is 13.0. The summed E-state index contributed by atoms with van der Waals surface area (Å²) in [5.74, 6) is -2.73. The van der Waals surface area contributed by atoms with Gasteiger partial charge < -0.3 is 30.7 Å². The number of rotatable bonds is 9. The molecular formula is C22H28N6O8S2. The summed E-state index contributed by atoms with van der Waals surface area (Å²) in [6, 6.07) is -1.71. The van der Waals surface area contributed by atoms with E-state index < -0.39 is 59.3 Å². The summed E-state index contributed by atoms with van der Waals surface area (Å²) < 4.78 is 9.96. The minimum Gasteiger partial charge on any atom is -0.427 e. The van der Waals surface area contributed by atoms with Crippen LogP contribution in [-0.4, -0.2) is 82.4 Å². The number of esters is 2. The highest BCUT2D eigenvalue weighted by molar-refractivity contribution is 8.00. The summed E-state index contributed by atoms with van der Waals surface area (Å²) in [5, 5.41) is 9.96. The third-order valence-electron chi connectivity index (χ3n) is 5.12. The van der Waals surface area contributed by atoms with E-state index in [0.29, 0.717) is 5.75 Å². The van der Waals surface area contributed by atoms with Gasteiger partial charge in [0.25, 0.3) is 11.8 Å². The molecule has 3 amide bonds. The van der Waals surface area contributed by atoms with Crippen molar-refractivity contribution in [2.24, 2.45) is 16.3 Å². The predicted octanol–water partition coefficient (Wildman–Crippen LogP) is 0.153. The standard InChI is InChI=1S/C22H28N6O8S2/c1-10(23)15(29)26-21-24-11(8-38-21)13(27-34-5)16(30)25-14-17(31)28-12(6-7-37-18(14)28)19(32)35-9-36-20(33)22(2,3)4/h6,8,10,14,18H,7,9,23H2,1-5H3,(H,25,30)(H,24,26,29)/t10-,14+,18+/m0/s1. The van der Waals surface area contributed by atoms with Crippen molar-refractivity contribution in [3.63, 3.8) is 0 Å². The van der Waals surface area contributed by atoms with Gasteiger partial charge in [0.05, 0.1) is 11.5 Å². The number of nitrogens with zero attached hydrogens (tertiary/aromatic N) is 3. The van der Waals surface area contributed by atoms with Crippen LogP contribution in [0.5, 0.6) is 0 Å². The summed E-state index contributed by atoms with van der Waals surface area (Å²) in [6.07, 6.45) is 1.52. The molecule has 16 heteroatoms. The molecule has 0 radical (unpaired) electrons. The van der Waals surface area contributed by atoms with Gasteiger partial charge in [-0.1, -0.05) is 5.16 Å². The number of β-lactam (4-membered cyclic amide) rings is 1. The molecule has 3 rings (SSSR count). The summed E-state index contributed by atoms with van der Waals surface area (Å²) in [7, 11) is 1.24. The zero-order valence-corrected chi connectivity index (χ0v) is 22.9. The Morgan fingerprint density at radius 1 is 1.29 bits per heavy atom. The van der Waals surface area contributed by atoms with Crippen LogP contribution >= 0.6 is 23.1 Å². The van der Waals surface area contributed by atoms with E-state index >= 15 is 0 Å². The fraction of sp³-hybridized carbons (Fsp3) is 0.500. The highest BCUT2D eigenvalue weighted by Gasteiger charge is 2.53. The molecule has 2 aliphatic rings. The first-order chi connectivity index (χ1) is 17.8. The molecule has 14 nitrogen and oxygen atoms in total. The Hall–Kier alpha value is -3.50. The van der Waals surface area contributed by atoms with E-state index in [-0.39, 0.29) is 22.2 Å². The molecule has 0 bridgehead atoms. The lowest BCUT2D eigenvalue weighted by atomic mass is 9.98. The van der Waals surface area contributed by atoms with Gasteiger partial charge in [0.1, 0.15) is 29.9 Å². The monoisotopic (exact) mass is 568 g/mol. The second-order valence-corrected chi connectivity index (χ2v) is 11.2. The van der Waals surface area contributed by atoms with Gasteiger partial charge in [0.15, 0.2) is 10.8 Å². The minimum absolute atomic E-state index is 0.00384. The van der Waals surface area contributed by atoms with Crippen molar-refractivity contribution in [2.45, 2.75) is 45.2 Å². The zero-order chi connectivity index (χ0) is 28.2. The average molecular weight is 569 g/mol. The topological polar surface area (TPSA) is 192 Å². The third-order valence-corrected chi connectivity index (χ3v) is 7.06. The van der Waals surface area contributed by atoms with Crippen molar-refractivity contribution in [3.8, 4) is 0 Å². The lowest BCUT2D eigenvalue weighted by molar-refractivity contribution is -0.173. The summed E-state index contributed by atoms with van der Waals surface area (Å²) in [4.78, 5) is 72.2. The van der Waals surface area contributed by atoms with Crippen LogP contribution in [0.2, 0.25) is 0 Å². The number of hydrogen-bond donors (Lipinski definition) is 3. The van der Waals surface area contributed by atoms with Crippen LogP contribution < -0.4 is 16.4 Å². The van der Waals surface area contributed by atoms with Gasteiger partial charge in [-0.3, -0.25) is 24.1 Å². The van der Waals surface area contributed by atoms with Gasteiger partial charge in [0, 0.05) is 11.1 Å².